The van der Waals surface area contributed by atoms with E-state index in [1.165, 1.54) is 17.7 Å². The number of esters is 1. The van der Waals surface area contributed by atoms with Crippen molar-refractivity contribution in [3.05, 3.63) is 54.1 Å². The summed E-state index contributed by atoms with van der Waals surface area (Å²) in [5.74, 6) is 0.187. The fourth-order valence-corrected chi connectivity index (χ4v) is 5.59. The van der Waals surface area contributed by atoms with E-state index in [-0.39, 0.29) is 11.8 Å². The van der Waals surface area contributed by atoms with Crippen LogP contribution in [0.15, 0.2) is 42.6 Å². The second-order valence-electron chi connectivity index (χ2n) is 11.2. The summed E-state index contributed by atoms with van der Waals surface area (Å²) < 4.78 is 25.1. The molecule has 8 heteroatoms. The minimum Gasteiger partial charge on any atom is -0.496 e. The molecule has 1 saturated heterocycles. The predicted molar refractivity (Wildman–Crippen MR) is 148 cm³/mol. The van der Waals surface area contributed by atoms with Crippen molar-refractivity contribution in [3.63, 3.8) is 0 Å². The average Bonchev–Trinajstić information content (AvgIpc) is 3.33. The summed E-state index contributed by atoms with van der Waals surface area (Å²) in [5, 5.41) is 0.951. The molecule has 4 heterocycles. The van der Waals surface area contributed by atoms with E-state index in [0.29, 0.717) is 23.9 Å². The van der Waals surface area contributed by atoms with Crippen LogP contribution in [-0.4, -0.2) is 77.2 Å². The van der Waals surface area contributed by atoms with E-state index < -0.39 is 5.60 Å². The smallest absolute Gasteiger partial charge is 0.320 e. The van der Waals surface area contributed by atoms with Crippen LogP contribution in [0, 0.1) is 5.82 Å². The second-order valence-corrected chi connectivity index (χ2v) is 11.2. The number of pyridine rings is 1. The molecule has 0 spiro atoms. The van der Waals surface area contributed by atoms with Gasteiger partial charge in [0.25, 0.3) is 0 Å². The Labute approximate surface area is 223 Å². The molecule has 202 valence electrons. The van der Waals surface area contributed by atoms with E-state index in [0.717, 1.165) is 67.7 Å². The first kappa shape index (κ1) is 26.4. The number of H-pyrrole nitrogens is 1. The number of hydrogen-bond donors (Lipinski definition) is 1. The van der Waals surface area contributed by atoms with Gasteiger partial charge in [-0.15, -0.1) is 0 Å². The van der Waals surface area contributed by atoms with Crippen LogP contribution in [0.2, 0.25) is 0 Å². The summed E-state index contributed by atoms with van der Waals surface area (Å²) in [6.07, 6.45) is 7.12. The van der Waals surface area contributed by atoms with Gasteiger partial charge >= 0.3 is 5.97 Å². The number of nitrogens with zero attached hydrogens (tertiary/aromatic N) is 3. The lowest BCUT2D eigenvalue weighted by molar-refractivity contribution is -0.156. The molecule has 0 atom stereocenters. The molecule has 38 heavy (non-hydrogen) atoms. The predicted octanol–water partition coefficient (Wildman–Crippen LogP) is 5.27. The van der Waals surface area contributed by atoms with Gasteiger partial charge in [-0.3, -0.25) is 14.6 Å². The number of rotatable bonds is 6. The maximum atomic E-state index is 14.1. The summed E-state index contributed by atoms with van der Waals surface area (Å²) in [7, 11) is 1.60. The largest absolute Gasteiger partial charge is 0.496 e. The molecule has 2 aliphatic rings. The Hall–Kier alpha value is -3.23. The number of aromatic amines is 1. The van der Waals surface area contributed by atoms with Gasteiger partial charge in [-0.2, -0.15) is 0 Å². The molecule has 0 amide bonds. The molecule has 0 bridgehead atoms. The maximum absolute atomic E-state index is 14.1. The van der Waals surface area contributed by atoms with Crippen molar-refractivity contribution in [2.45, 2.75) is 51.7 Å². The van der Waals surface area contributed by atoms with Crippen LogP contribution in [0.3, 0.4) is 0 Å². The highest BCUT2D eigenvalue weighted by Crippen LogP contribution is 2.37. The topological polar surface area (TPSA) is 70.7 Å². The molecule has 1 fully saturated rings. The van der Waals surface area contributed by atoms with Gasteiger partial charge in [-0.05, 0) is 81.5 Å². The van der Waals surface area contributed by atoms with Gasteiger partial charge in [0.1, 0.15) is 22.8 Å². The quantitative estimate of drug-likeness (QED) is 0.447. The standard InChI is InChI=1S/C30H37FN4O3/c1-30(2,3)38-28(36)19-34-13-10-22(11-14-34)35-15-8-20(9-16-35)26-18-25-23(7-12-32-29(25)33-26)24-17-21(31)5-6-27(24)37-4/h5-8,12,17-18,22H,9-11,13-16,19H2,1-4H3,(H,32,33). The highest BCUT2D eigenvalue weighted by atomic mass is 19.1. The number of nitrogens with one attached hydrogen (secondary N) is 1. The van der Waals surface area contributed by atoms with Crippen LogP contribution in [0.1, 0.15) is 45.7 Å². The number of methoxy groups -OCH3 is 1. The lowest BCUT2D eigenvalue weighted by Crippen LogP contribution is -2.47. The number of ether oxygens (including phenoxy) is 2. The number of fused-ring (bicyclic) bond motifs is 1. The van der Waals surface area contributed by atoms with Crippen LogP contribution >= 0.6 is 0 Å². The van der Waals surface area contributed by atoms with Crippen molar-refractivity contribution in [3.8, 4) is 16.9 Å². The molecule has 2 aliphatic heterocycles. The Morgan fingerprint density at radius 2 is 1.92 bits per heavy atom. The van der Waals surface area contributed by atoms with Crippen molar-refractivity contribution >= 4 is 22.6 Å². The number of aromatic nitrogens is 2. The number of carbonyl (C=O) groups excluding carboxylic acids is 1. The fourth-order valence-electron chi connectivity index (χ4n) is 5.59. The Kier molecular flexibility index (Phi) is 7.54. The fraction of sp³-hybridized carbons (Fsp3) is 0.467. The Bertz CT molecular complexity index is 1340. The first-order valence-corrected chi connectivity index (χ1v) is 13.4. The van der Waals surface area contributed by atoms with E-state index in [1.807, 2.05) is 26.8 Å². The minimum absolute atomic E-state index is 0.145. The van der Waals surface area contributed by atoms with Gasteiger partial charge in [-0.25, -0.2) is 9.37 Å². The summed E-state index contributed by atoms with van der Waals surface area (Å²) in [6, 6.07) is 9.13. The van der Waals surface area contributed by atoms with Crippen molar-refractivity contribution < 1.29 is 18.7 Å². The molecule has 3 aromatic rings. The van der Waals surface area contributed by atoms with Crippen molar-refractivity contribution in [2.75, 3.05) is 39.8 Å². The van der Waals surface area contributed by atoms with Gasteiger partial charge in [0.2, 0.25) is 0 Å². The van der Waals surface area contributed by atoms with E-state index in [4.69, 9.17) is 9.47 Å². The zero-order chi connectivity index (χ0) is 26.9. The van der Waals surface area contributed by atoms with Crippen LogP contribution in [-0.2, 0) is 9.53 Å². The third kappa shape index (κ3) is 5.92. The first-order valence-electron chi connectivity index (χ1n) is 13.4. The second kappa shape index (κ2) is 10.9. The maximum Gasteiger partial charge on any atom is 0.320 e. The molecule has 2 aromatic heterocycles. The lowest BCUT2D eigenvalue weighted by atomic mass is 9.98. The monoisotopic (exact) mass is 520 g/mol. The van der Waals surface area contributed by atoms with Gasteiger partial charge in [-0.1, -0.05) is 6.08 Å². The van der Waals surface area contributed by atoms with Crippen LogP contribution in [0.25, 0.3) is 27.7 Å². The molecule has 5 rings (SSSR count). The van der Waals surface area contributed by atoms with Crippen LogP contribution in [0.5, 0.6) is 5.75 Å². The normalized spacial score (nSPS) is 18.0. The van der Waals surface area contributed by atoms with Gasteiger partial charge < -0.3 is 14.5 Å². The summed E-state index contributed by atoms with van der Waals surface area (Å²) in [4.78, 5) is 25.0. The van der Waals surface area contributed by atoms with Crippen LogP contribution < -0.4 is 4.74 Å². The van der Waals surface area contributed by atoms with Gasteiger partial charge in [0.15, 0.2) is 0 Å². The van der Waals surface area contributed by atoms with Crippen molar-refractivity contribution in [1.29, 1.82) is 0 Å². The molecule has 1 N–H and O–H groups in total. The molecule has 0 radical (unpaired) electrons. The van der Waals surface area contributed by atoms with Gasteiger partial charge in [0.05, 0.1) is 13.7 Å². The molecule has 0 unspecified atom stereocenters. The first-order chi connectivity index (χ1) is 18.2. The molecule has 0 aliphatic carbocycles. The number of benzene rings is 1. The zero-order valence-electron chi connectivity index (χ0n) is 22.7. The highest BCUT2D eigenvalue weighted by Gasteiger charge is 2.28. The van der Waals surface area contributed by atoms with Gasteiger partial charge in [0, 0.05) is 55.1 Å². The Morgan fingerprint density at radius 1 is 1.13 bits per heavy atom. The SMILES string of the molecule is COc1ccc(F)cc1-c1ccnc2[nH]c(C3=CCN(C4CCN(CC(=O)OC(C)(C)C)CC4)CC3)cc12. The molecular formula is C30H37FN4O3. The highest BCUT2D eigenvalue weighted by molar-refractivity contribution is 5.96. The summed E-state index contributed by atoms with van der Waals surface area (Å²) in [5.41, 5.74) is 4.28. The summed E-state index contributed by atoms with van der Waals surface area (Å²) >= 11 is 0. The number of carbonyl (C=O) groups is 1. The minimum atomic E-state index is -0.442. The molecule has 7 nitrogen and oxygen atoms in total. The van der Waals surface area contributed by atoms with Crippen molar-refractivity contribution in [2.24, 2.45) is 0 Å². The Morgan fingerprint density at radius 3 is 2.61 bits per heavy atom. The lowest BCUT2D eigenvalue weighted by Gasteiger charge is -2.39. The molecule has 1 aromatic carbocycles. The van der Waals surface area contributed by atoms with E-state index >= 15 is 0 Å². The molecular weight excluding hydrogens is 483 g/mol. The molecule has 0 saturated carbocycles. The number of piperidine rings is 1. The number of hydrogen-bond acceptors (Lipinski definition) is 6. The zero-order valence-corrected chi connectivity index (χ0v) is 22.7. The van der Waals surface area contributed by atoms with Crippen molar-refractivity contribution in [1.82, 2.24) is 19.8 Å². The third-order valence-corrected chi connectivity index (χ3v) is 7.42. The summed E-state index contributed by atoms with van der Waals surface area (Å²) in [6.45, 7) is 9.81. The van der Waals surface area contributed by atoms with E-state index in [9.17, 15) is 9.18 Å². The van der Waals surface area contributed by atoms with E-state index in [2.05, 4.69) is 31.9 Å². The Balaban J connectivity index is 1.24. The average molecular weight is 521 g/mol. The number of likely N-dealkylation sites (tertiary alicyclic amines) is 1. The number of halogens is 1. The van der Waals surface area contributed by atoms with E-state index in [1.54, 1.807) is 19.4 Å². The third-order valence-electron chi connectivity index (χ3n) is 7.42. The van der Waals surface area contributed by atoms with Crippen LogP contribution in [0.4, 0.5) is 4.39 Å².